The fraction of sp³-hybridized carbons (Fsp3) is 0.348. The molecule has 2 aromatic heterocycles. The monoisotopic (exact) mass is 522 g/mol. The Kier molecular flexibility index (Phi) is 7.43. The number of aromatic nitrogens is 3. The van der Waals surface area contributed by atoms with Crippen LogP contribution in [0.15, 0.2) is 53.7 Å². The molecular formula is C23H25F3N6O3S. The summed E-state index contributed by atoms with van der Waals surface area (Å²) in [5.41, 5.74) is 7.10. The number of alkyl halides is 3. The summed E-state index contributed by atoms with van der Waals surface area (Å²) in [6, 6.07) is 8.36. The number of hydrogen-bond donors (Lipinski definition) is 2. The van der Waals surface area contributed by atoms with Gasteiger partial charge in [-0.1, -0.05) is 0 Å². The third-order valence-corrected chi connectivity index (χ3v) is 7.08. The Morgan fingerprint density at radius 1 is 1.11 bits per heavy atom. The van der Waals surface area contributed by atoms with Gasteiger partial charge in [0, 0.05) is 36.1 Å². The van der Waals surface area contributed by atoms with Gasteiger partial charge in [0.05, 0.1) is 16.3 Å². The molecule has 192 valence electrons. The smallest absolute Gasteiger partial charge is 0.422 e. The molecule has 0 bridgehead atoms. The van der Waals surface area contributed by atoms with Crippen LogP contribution in [0.2, 0.25) is 0 Å². The van der Waals surface area contributed by atoms with Crippen molar-refractivity contribution in [2.45, 2.75) is 30.0 Å². The highest BCUT2D eigenvalue weighted by Crippen LogP contribution is 2.29. The molecule has 13 heteroatoms. The number of ether oxygens (including phenoxy) is 1. The Balaban J connectivity index is 1.69. The van der Waals surface area contributed by atoms with E-state index in [1.54, 1.807) is 0 Å². The number of piperidine rings is 1. The number of nitrogens with one attached hydrogen (secondary N) is 1. The first-order valence-corrected chi connectivity index (χ1v) is 12.6. The molecule has 9 nitrogen and oxygen atoms in total. The predicted molar refractivity (Wildman–Crippen MR) is 128 cm³/mol. The van der Waals surface area contributed by atoms with Crippen LogP contribution < -0.4 is 15.2 Å². The zero-order valence-corrected chi connectivity index (χ0v) is 20.2. The summed E-state index contributed by atoms with van der Waals surface area (Å²) >= 11 is 0. The second kappa shape index (κ2) is 10.4. The van der Waals surface area contributed by atoms with Crippen LogP contribution in [0.5, 0.6) is 5.75 Å². The summed E-state index contributed by atoms with van der Waals surface area (Å²) in [5, 5.41) is 0. The van der Waals surface area contributed by atoms with E-state index in [2.05, 4.69) is 24.6 Å². The highest BCUT2D eigenvalue weighted by Gasteiger charge is 2.28. The first kappa shape index (κ1) is 25.8. The highest BCUT2D eigenvalue weighted by atomic mass is 32.2. The summed E-state index contributed by atoms with van der Waals surface area (Å²) in [5.74, 6) is 0.0791. The van der Waals surface area contributed by atoms with E-state index in [0.29, 0.717) is 29.1 Å². The maximum atomic E-state index is 13.3. The van der Waals surface area contributed by atoms with Gasteiger partial charge in [0.2, 0.25) is 16.0 Å². The summed E-state index contributed by atoms with van der Waals surface area (Å²) < 4.78 is 71.5. The molecule has 36 heavy (non-hydrogen) atoms. The van der Waals surface area contributed by atoms with Gasteiger partial charge in [0.1, 0.15) is 5.75 Å². The summed E-state index contributed by atoms with van der Waals surface area (Å²) in [6.45, 7) is 0.0818. The molecule has 1 aliphatic heterocycles. The highest BCUT2D eigenvalue weighted by molar-refractivity contribution is 7.89. The van der Waals surface area contributed by atoms with Crippen LogP contribution in [0.3, 0.4) is 0 Å². The van der Waals surface area contributed by atoms with E-state index >= 15 is 0 Å². The maximum absolute atomic E-state index is 13.3. The Morgan fingerprint density at radius 3 is 2.36 bits per heavy atom. The molecule has 4 rings (SSSR count). The van der Waals surface area contributed by atoms with Gasteiger partial charge in [-0.05, 0) is 62.8 Å². The van der Waals surface area contributed by atoms with Gasteiger partial charge in [0.25, 0.3) is 0 Å². The number of halogens is 3. The number of likely N-dealkylation sites (N-methyl/N-ethyl adjacent to an activating group) is 1. The zero-order valence-electron chi connectivity index (χ0n) is 19.4. The Labute approximate surface area is 206 Å². The maximum Gasteiger partial charge on any atom is 0.422 e. The van der Waals surface area contributed by atoms with Crippen molar-refractivity contribution in [3.8, 4) is 28.3 Å². The Morgan fingerprint density at radius 2 is 1.75 bits per heavy atom. The minimum atomic E-state index is -4.46. The number of likely N-dealkylation sites (tertiary alicyclic amines) is 1. The molecule has 1 aliphatic rings. The van der Waals surface area contributed by atoms with Crippen LogP contribution in [0.4, 0.5) is 19.1 Å². The molecule has 0 saturated carbocycles. The van der Waals surface area contributed by atoms with Gasteiger partial charge < -0.3 is 15.4 Å². The Hall–Kier alpha value is -3.29. The molecule has 1 saturated heterocycles. The van der Waals surface area contributed by atoms with E-state index in [1.165, 1.54) is 48.8 Å². The molecule has 1 atom stereocenters. The van der Waals surface area contributed by atoms with E-state index in [4.69, 9.17) is 10.5 Å². The minimum Gasteiger partial charge on any atom is -0.484 e. The van der Waals surface area contributed by atoms with E-state index < -0.39 is 22.8 Å². The van der Waals surface area contributed by atoms with Crippen LogP contribution in [-0.2, 0) is 10.0 Å². The van der Waals surface area contributed by atoms with E-state index in [9.17, 15) is 21.6 Å². The minimum absolute atomic E-state index is 0.00931. The second-order valence-electron chi connectivity index (χ2n) is 8.55. The Bertz CT molecular complexity index is 1300. The normalized spacial score (nSPS) is 17.2. The van der Waals surface area contributed by atoms with Crippen molar-refractivity contribution in [1.29, 1.82) is 0 Å². The summed E-state index contributed by atoms with van der Waals surface area (Å²) in [7, 11) is -1.98. The van der Waals surface area contributed by atoms with Crippen LogP contribution in [0.25, 0.3) is 22.5 Å². The third-order valence-electron chi connectivity index (χ3n) is 5.58. The molecule has 3 heterocycles. The first-order chi connectivity index (χ1) is 17.0. The van der Waals surface area contributed by atoms with E-state index in [1.807, 2.05) is 7.05 Å². The average molecular weight is 523 g/mol. The van der Waals surface area contributed by atoms with Crippen molar-refractivity contribution in [1.82, 2.24) is 24.6 Å². The topological polar surface area (TPSA) is 123 Å². The van der Waals surface area contributed by atoms with Crippen molar-refractivity contribution in [3.63, 3.8) is 0 Å². The molecule has 0 spiro atoms. The van der Waals surface area contributed by atoms with Crippen molar-refractivity contribution in [3.05, 3.63) is 48.8 Å². The molecule has 0 aliphatic carbocycles. The van der Waals surface area contributed by atoms with Crippen molar-refractivity contribution in [2.24, 2.45) is 0 Å². The zero-order chi connectivity index (χ0) is 25.9. The number of hydrogen-bond acceptors (Lipinski definition) is 8. The molecule has 3 aromatic rings. The molecular weight excluding hydrogens is 497 g/mol. The van der Waals surface area contributed by atoms with E-state index in [0.717, 1.165) is 19.4 Å². The summed E-state index contributed by atoms with van der Waals surface area (Å²) in [4.78, 5) is 14.5. The molecule has 0 amide bonds. The molecule has 0 radical (unpaired) electrons. The lowest BCUT2D eigenvalue weighted by molar-refractivity contribution is -0.153. The first-order valence-electron chi connectivity index (χ1n) is 11.1. The molecule has 1 aromatic carbocycles. The van der Waals surface area contributed by atoms with Gasteiger partial charge >= 0.3 is 6.18 Å². The SMILES string of the molecule is CN1CCC[C@@H](NS(=O)(=O)c2cc(-c3ccc(OCC(F)(F)F)cc3)nc(-c3cnc(N)nc3)c2)C1. The number of nitrogens with zero attached hydrogens (tertiary/aromatic N) is 4. The lowest BCUT2D eigenvalue weighted by atomic mass is 10.1. The van der Waals surface area contributed by atoms with Gasteiger partial charge in [-0.15, -0.1) is 0 Å². The van der Waals surface area contributed by atoms with Crippen LogP contribution in [0, 0.1) is 0 Å². The van der Waals surface area contributed by atoms with Gasteiger partial charge in [-0.3, -0.25) is 0 Å². The van der Waals surface area contributed by atoms with Gasteiger partial charge in [0.15, 0.2) is 6.61 Å². The number of sulfonamides is 1. The number of pyridine rings is 1. The van der Waals surface area contributed by atoms with Crippen LogP contribution in [0.1, 0.15) is 12.8 Å². The lowest BCUT2D eigenvalue weighted by Crippen LogP contribution is -2.46. The van der Waals surface area contributed by atoms with Crippen LogP contribution >= 0.6 is 0 Å². The third kappa shape index (κ3) is 6.68. The van der Waals surface area contributed by atoms with Crippen molar-refractivity contribution >= 4 is 16.0 Å². The fourth-order valence-electron chi connectivity index (χ4n) is 3.86. The summed E-state index contributed by atoms with van der Waals surface area (Å²) in [6.07, 6.45) is 0.00558. The quantitative estimate of drug-likeness (QED) is 0.485. The van der Waals surface area contributed by atoms with Crippen molar-refractivity contribution in [2.75, 3.05) is 32.5 Å². The predicted octanol–water partition coefficient (Wildman–Crippen LogP) is 3.10. The van der Waals surface area contributed by atoms with Crippen LogP contribution in [-0.4, -0.2) is 67.2 Å². The number of benzene rings is 1. The van der Waals surface area contributed by atoms with Gasteiger partial charge in [-0.2, -0.15) is 13.2 Å². The van der Waals surface area contributed by atoms with Crippen molar-refractivity contribution < 1.29 is 26.3 Å². The largest absolute Gasteiger partial charge is 0.484 e. The molecule has 3 N–H and O–H groups in total. The van der Waals surface area contributed by atoms with E-state index in [-0.39, 0.29) is 22.6 Å². The number of nitrogen functional groups attached to an aromatic ring is 1. The number of anilines is 1. The second-order valence-corrected chi connectivity index (χ2v) is 10.3. The average Bonchev–Trinajstić information content (AvgIpc) is 2.82. The lowest BCUT2D eigenvalue weighted by Gasteiger charge is -2.30. The standard InChI is InChI=1S/C23H25F3N6O3S/c1-32-8-2-3-17(13-32)31-36(33,34)19-9-20(30-21(10-19)16-11-28-22(27)29-12-16)15-4-6-18(7-5-15)35-14-23(24,25)26/h4-7,9-12,17,31H,2-3,8,13-14H2,1H3,(H2,27,28,29)/t17-/m1/s1. The number of rotatable bonds is 7. The fourth-order valence-corrected chi connectivity index (χ4v) is 5.16. The van der Waals surface area contributed by atoms with Gasteiger partial charge in [-0.25, -0.2) is 28.1 Å². The molecule has 0 unspecified atom stereocenters. The number of nitrogens with two attached hydrogens (primary N) is 1. The molecule has 1 fully saturated rings.